The van der Waals surface area contributed by atoms with Crippen molar-refractivity contribution in [1.29, 1.82) is 10.5 Å². The van der Waals surface area contributed by atoms with Crippen LogP contribution in [0.1, 0.15) is 28.7 Å². The van der Waals surface area contributed by atoms with Crippen LogP contribution in [0.3, 0.4) is 0 Å². The maximum Gasteiger partial charge on any atom is 0.295 e. The normalized spacial score (nSPS) is 14.8. The Morgan fingerprint density at radius 3 is 2.14 bits per heavy atom. The molecule has 0 bridgehead atoms. The first-order valence-electron chi connectivity index (χ1n) is 16.2. The zero-order valence-electron chi connectivity index (χ0n) is 29.3. The van der Waals surface area contributed by atoms with Crippen LogP contribution in [0.4, 0.5) is 38.7 Å². The second-order valence-corrected chi connectivity index (χ2v) is 17.5. The monoisotopic (exact) mass is 845 g/mol. The number of nitrogens with zero attached hydrogens (tertiary/aromatic N) is 7. The van der Waals surface area contributed by atoms with Gasteiger partial charge in [-0.2, -0.15) is 35.8 Å². The van der Waals surface area contributed by atoms with Gasteiger partial charge in [-0.15, -0.1) is 20.5 Å². The van der Waals surface area contributed by atoms with E-state index in [0.717, 1.165) is 35.1 Å². The van der Waals surface area contributed by atoms with E-state index >= 15 is 0 Å². The van der Waals surface area contributed by atoms with E-state index in [2.05, 4.69) is 42.1 Å². The van der Waals surface area contributed by atoms with Crippen LogP contribution in [0.2, 0.25) is 0 Å². The van der Waals surface area contributed by atoms with E-state index in [-0.39, 0.29) is 66.2 Å². The van der Waals surface area contributed by atoms with E-state index in [1.54, 1.807) is 19.1 Å². The summed E-state index contributed by atoms with van der Waals surface area (Å²) in [6, 6.07) is 17.8. The summed E-state index contributed by atoms with van der Waals surface area (Å²) in [7, 11) is -14.2. The Morgan fingerprint density at radius 1 is 0.807 bits per heavy atom. The molecule has 1 atom stereocenters. The molecular weight excluding hydrogens is 819 g/mol. The Hall–Kier alpha value is -6.24. The molecule has 290 valence electrons. The van der Waals surface area contributed by atoms with Gasteiger partial charge in [-0.05, 0) is 62.7 Å². The summed E-state index contributed by atoms with van der Waals surface area (Å²) in [5.74, 6) is 0.314. The summed E-state index contributed by atoms with van der Waals surface area (Å²) >= 11 is 0.845. The standard InChI is InChI=1S/C35H27N9O9S4/c1-19-6-8-22(9-7-19)38-33-28(18-37)20(2)32(34(40-33)39-23-10-12-25(13-11-23)55(45,46)47)43-44-35-21(17-36)14-31(54-35)42-41-24-15-27-26(30(16-24)57(51,52)53)4-3-5-29(27)56(48,49)50/h3-10,12-16,23H,11H2,1-2H3,(H2,38,39,40)(H,45,46,47)(H,48,49,50)(H,51,52,53). The lowest BCUT2D eigenvalue weighted by atomic mass is 10.1. The van der Waals surface area contributed by atoms with Crippen molar-refractivity contribution in [2.75, 3.05) is 10.6 Å². The molecule has 1 aliphatic rings. The molecule has 0 fully saturated rings. The summed E-state index contributed by atoms with van der Waals surface area (Å²) in [5, 5.41) is 42.7. The number of anilines is 3. The predicted molar refractivity (Wildman–Crippen MR) is 210 cm³/mol. The fraction of sp³-hybridized carbons (Fsp3) is 0.114. The Bertz CT molecular complexity index is 3020. The van der Waals surface area contributed by atoms with Crippen LogP contribution in [0, 0.1) is 36.5 Å². The molecule has 2 aromatic heterocycles. The topological polar surface area (TPSA) is 297 Å². The van der Waals surface area contributed by atoms with Crippen LogP contribution in [0.5, 0.6) is 0 Å². The zero-order chi connectivity index (χ0) is 41.3. The highest BCUT2D eigenvalue weighted by molar-refractivity contribution is 7.90. The third-order valence-electron chi connectivity index (χ3n) is 8.31. The lowest BCUT2D eigenvalue weighted by Gasteiger charge is -2.21. The molecule has 0 spiro atoms. The van der Waals surface area contributed by atoms with Gasteiger partial charge in [0, 0.05) is 28.1 Å². The minimum atomic E-state index is -4.91. The van der Waals surface area contributed by atoms with Crippen molar-refractivity contribution in [2.24, 2.45) is 20.5 Å². The molecule has 1 unspecified atom stereocenters. The smallest absolute Gasteiger partial charge is 0.295 e. The van der Waals surface area contributed by atoms with Gasteiger partial charge in [0.1, 0.15) is 32.6 Å². The van der Waals surface area contributed by atoms with Crippen LogP contribution in [0.15, 0.2) is 114 Å². The van der Waals surface area contributed by atoms with Crippen molar-refractivity contribution in [3.05, 3.63) is 106 Å². The van der Waals surface area contributed by atoms with Crippen LogP contribution >= 0.6 is 11.3 Å². The number of fused-ring (bicyclic) bond motifs is 1. The molecular formula is C35H27N9O9S4. The molecule has 5 N–H and O–H groups in total. The van der Waals surface area contributed by atoms with Crippen LogP contribution in [-0.4, -0.2) is 49.9 Å². The van der Waals surface area contributed by atoms with Gasteiger partial charge < -0.3 is 10.6 Å². The number of nitriles is 2. The molecule has 6 rings (SSSR count). The SMILES string of the molecule is Cc1ccc(Nc2nc(NC3C=CC(S(=O)(=O)O)=CC3)c(N=Nc3sc(N=Nc4cc(S(=O)(=O)O)c5cccc(S(=O)(=O)O)c5c4)cc3C#N)c(C)c2C#N)cc1. The molecule has 0 amide bonds. The Kier molecular flexibility index (Phi) is 11.1. The van der Waals surface area contributed by atoms with Crippen molar-refractivity contribution < 1.29 is 38.9 Å². The van der Waals surface area contributed by atoms with E-state index in [9.17, 15) is 49.4 Å². The number of pyridine rings is 1. The highest BCUT2D eigenvalue weighted by Crippen LogP contribution is 2.41. The van der Waals surface area contributed by atoms with Crippen LogP contribution in [0.25, 0.3) is 10.8 Å². The molecule has 18 nitrogen and oxygen atoms in total. The van der Waals surface area contributed by atoms with E-state index in [1.807, 2.05) is 25.1 Å². The Morgan fingerprint density at radius 2 is 1.53 bits per heavy atom. The molecule has 57 heavy (non-hydrogen) atoms. The molecule has 0 aliphatic heterocycles. The van der Waals surface area contributed by atoms with Gasteiger partial charge in [0.15, 0.2) is 16.6 Å². The van der Waals surface area contributed by atoms with Crippen molar-refractivity contribution in [2.45, 2.75) is 36.1 Å². The quantitative estimate of drug-likeness (QED) is 0.0618. The van der Waals surface area contributed by atoms with Crippen LogP contribution < -0.4 is 10.6 Å². The Labute approximate surface area is 329 Å². The van der Waals surface area contributed by atoms with E-state index in [4.69, 9.17) is 0 Å². The number of rotatable bonds is 11. The molecule has 0 saturated heterocycles. The molecule has 1 aliphatic carbocycles. The maximum absolute atomic E-state index is 12.2. The van der Waals surface area contributed by atoms with E-state index in [0.29, 0.717) is 11.3 Å². The second kappa shape index (κ2) is 15.7. The second-order valence-electron chi connectivity index (χ2n) is 12.2. The number of azo groups is 2. The molecule has 5 aromatic rings. The number of allylic oxidation sites excluding steroid dienone is 1. The number of hydrogen-bond donors (Lipinski definition) is 5. The number of aryl methyl sites for hydroxylation is 1. The average molecular weight is 846 g/mol. The average Bonchev–Trinajstić information content (AvgIpc) is 3.55. The zero-order valence-corrected chi connectivity index (χ0v) is 32.6. The number of hydrogen-bond acceptors (Lipinski definition) is 16. The van der Waals surface area contributed by atoms with Crippen molar-refractivity contribution in [3.8, 4) is 12.1 Å². The highest BCUT2D eigenvalue weighted by atomic mass is 32.2. The summed E-state index contributed by atoms with van der Waals surface area (Å²) in [6.45, 7) is 3.53. The summed E-state index contributed by atoms with van der Waals surface area (Å²) in [6.07, 6.45) is 4.19. The molecule has 2 heterocycles. The maximum atomic E-state index is 12.2. The Balaban J connectivity index is 1.39. The molecule has 0 saturated carbocycles. The minimum Gasteiger partial charge on any atom is -0.362 e. The number of thiophene rings is 1. The van der Waals surface area contributed by atoms with Gasteiger partial charge in [0.25, 0.3) is 30.4 Å². The first-order chi connectivity index (χ1) is 26.8. The largest absolute Gasteiger partial charge is 0.362 e. The van der Waals surface area contributed by atoms with Crippen molar-refractivity contribution >= 4 is 91.2 Å². The third kappa shape index (κ3) is 9.09. The summed E-state index contributed by atoms with van der Waals surface area (Å²) < 4.78 is 101. The van der Waals surface area contributed by atoms with Gasteiger partial charge in [-0.3, -0.25) is 13.7 Å². The fourth-order valence-electron chi connectivity index (χ4n) is 5.57. The predicted octanol–water partition coefficient (Wildman–Crippen LogP) is 8.24. The molecule has 0 radical (unpaired) electrons. The third-order valence-corrected chi connectivity index (χ3v) is 11.9. The fourth-order valence-corrected chi connectivity index (χ4v) is 8.31. The summed E-state index contributed by atoms with van der Waals surface area (Å²) in [4.78, 5) is 3.04. The lowest BCUT2D eigenvalue weighted by molar-refractivity contribution is 0.481. The van der Waals surface area contributed by atoms with Crippen molar-refractivity contribution in [1.82, 2.24) is 4.98 Å². The van der Waals surface area contributed by atoms with Gasteiger partial charge in [0.2, 0.25) is 0 Å². The number of nitrogens with one attached hydrogen (secondary N) is 2. The number of aromatic nitrogens is 1. The first-order valence-corrected chi connectivity index (χ1v) is 21.3. The van der Waals surface area contributed by atoms with Crippen LogP contribution in [-0.2, 0) is 30.4 Å². The minimum absolute atomic E-state index is 0.000115. The van der Waals surface area contributed by atoms with E-state index in [1.165, 1.54) is 36.4 Å². The molecule has 22 heteroatoms. The van der Waals surface area contributed by atoms with Crippen molar-refractivity contribution in [3.63, 3.8) is 0 Å². The van der Waals surface area contributed by atoms with E-state index < -0.39 is 46.2 Å². The number of benzene rings is 3. The lowest BCUT2D eigenvalue weighted by Crippen LogP contribution is -2.20. The first kappa shape index (κ1) is 40.4. The van der Waals surface area contributed by atoms with Gasteiger partial charge in [-0.1, -0.05) is 53.3 Å². The summed E-state index contributed by atoms with van der Waals surface area (Å²) in [5.41, 5.74) is 1.99. The van der Waals surface area contributed by atoms with Gasteiger partial charge in [-0.25, -0.2) is 4.98 Å². The van der Waals surface area contributed by atoms with Gasteiger partial charge in [0.05, 0.1) is 21.7 Å². The van der Waals surface area contributed by atoms with Gasteiger partial charge >= 0.3 is 0 Å². The molecule has 3 aromatic carbocycles. The highest BCUT2D eigenvalue weighted by Gasteiger charge is 2.24.